The fourth-order valence-electron chi connectivity index (χ4n) is 3.55. The van der Waals surface area contributed by atoms with Gasteiger partial charge in [-0.25, -0.2) is 4.79 Å². The maximum absolute atomic E-state index is 13.1. The van der Waals surface area contributed by atoms with Gasteiger partial charge in [-0.3, -0.25) is 19.2 Å². The highest BCUT2D eigenvalue weighted by atomic mass is 32.2. The van der Waals surface area contributed by atoms with Crippen LogP contribution in [0.2, 0.25) is 0 Å². The summed E-state index contributed by atoms with van der Waals surface area (Å²) in [6, 6.07) is -4.39. The third-order valence-corrected chi connectivity index (χ3v) is 6.01. The van der Waals surface area contributed by atoms with Crippen LogP contribution < -0.4 is 22.1 Å². The second-order valence-electron chi connectivity index (χ2n) is 7.92. The molecule has 0 saturated carbocycles. The van der Waals surface area contributed by atoms with E-state index in [1.165, 1.54) is 16.7 Å². The molecule has 8 N–H and O–H groups in total. The number of hydrogen-bond donors (Lipinski definition) is 6. The van der Waals surface area contributed by atoms with Gasteiger partial charge in [0.15, 0.2) is 0 Å². The first-order valence-electron chi connectivity index (χ1n) is 10.9. The van der Waals surface area contributed by atoms with Crippen molar-refractivity contribution in [3.8, 4) is 0 Å². The van der Waals surface area contributed by atoms with Gasteiger partial charge in [-0.05, 0) is 57.1 Å². The van der Waals surface area contributed by atoms with Gasteiger partial charge in [0.2, 0.25) is 17.7 Å². The number of rotatable bonds is 15. The number of carbonyl (C=O) groups is 5. The number of hydrogen-bond acceptors (Lipinski definition) is 8. The summed E-state index contributed by atoms with van der Waals surface area (Å²) < 4.78 is 0. The van der Waals surface area contributed by atoms with Crippen LogP contribution in [-0.2, 0) is 24.0 Å². The monoisotopic (exact) mass is 489 g/mol. The molecule has 4 atom stereocenters. The van der Waals surface area contributed by atoms with E-state index in [0.717, 1.165) is 0 Å². The molecule has 3 amide bonds. The highest BCUT2D eigenvalue weighted by Crippen LogP contribution is 2.20. The number of nitrogens with one attached hydrogen (secondary N) is 2. The Morgan fingerprint density at radius 3 is 2.30 bits per heavy atom. The SMILES string of the molecule is CSCCC(N)C(=O)NC(CC(=O)O)C(=O)NC(CCCCN)C(=O)N1CCCC1C(=O)O. The molecule has 0 aromatic heterocycles. The molecule has 0 aliphatic carbocycles. The number of aliphatic carboxylic acids is 2. The van der Waals surface area contributed by atoms with Crippen molar-refractivity contribution in [1.82, 2.24) is 15.5 Å². The molecule has 1 rings (SSSR count). The van der Waals surface area contributed by atoms with Crippen molar-refractivity contribution in [2.24, 2.45) is 11.5 Å². The highest BCUT2D eigenvalue weighted by molar-refractivity contribution is 7.98. The van der Waals surface area contributed by atoms with E-state index in [1.807, 2.05) is 6.26 Å². The van der Waals surface area contributed by atoms with E-state index in [0.29, 0.717) is 44.4 Å². The van der Waals surface area contributed by atoms with Crippen molar-refractivity contribution in [1.29, 1.82) is 0 Å². The van der Waals surface area contributed by atoms with Crippen LogP contribution in [0.25, 0.3) is 0 Å². The van der Waals surface area contributed by atoms with Gasteiger partial charge in [0.1, 0.15) is 18.1 Å². The van der Waals surface area contributed by atoms with Crippen LogP contribution in [0.5, 0.6) is 0 Å². The predicted molar refractivity (Wildman–Crippen MR) is 122 cm³/mol. The Labute approximate surface area is 197 Å². The average molecular weight is 490 g/mol. The zero-order chi connectivity index (χ0) is 25.0. The van der Waals surface area contributed by atoms with Crippen molar-refractivity contribution >= 4 is 41.4 Å². The van der Waals surface area contributed by atoms with Crippen molar-refractivity contribution in [3.63, 3.8) is 0 Å². The highest BCUT2D eigenvalue weighted by Gasteiger charge is 2.38. The normalized spacial score (nSPS) is 18.3. The number of carboxylic acids is 2. The number of likely N-dealkylation sites (tertiary alicyclic amines) is 1. The molecule has 1 aliphatic rings. The molecule has 1 heterocycles. The van der Waals surface area contributed by atoms with Gasteiger partial charge in [0.25, 0.3) is 0 Å². The van der Waals surface area contributed by atoms with Gasteiger partial charge in [-0.1, -0.05) is 0 Å². The molecule has 33 heavy (non-hydrogen) atoms. The molecule has 1 fully saturated rings. The van der Waals surface area contributed by atoms with Gasteiger partial charge < -0.3 is 37.2 Å². The van der Waals surface area contributed by atoms with Crippen LogP contribution in [0.15, 0.2) is 0 Å². The maximum Gasteiger partial charge on any atom is 0.326 e. The van der Waals surface area contributed by atoms with E-state index in [-0.39, 0.29) is 13.0 Å². The molecule has 13 heteroatoms. The van der Waals surface area contributed by atoms with Crippen LogP contribution in [0.4, 0.5) is 0 Å². The summed E-state index contributed by atoms with van der Waals surface area (Å²) in [7, 11) is 0. The van der Waals surface area contributed by atoms with Crippen LogP contribution >= 0.6 is 11.8 Å². The lowest BCUT2D eigenvalue weighted by Crippen LogP contribution is -2.57. The number of unbranched alkanes of at least 4 members (excludes halogenated alkanes) is 1. The molecule has 1 saturated heterocycles. The molecule has 0 aromatic carbocycles. The summed E-state index contributed by atoms with van der Waals surface area (Å²) in [5.41, 5.74) is 11.3. The Morgan fingerprint density at radius 2 is 1.73 bits per heavy atom. The van der Waals surface area contributed by atoms with Gasteiger partial charge >= 0.3 is 11.9 Å². The Kier molecular flexibility index (Phi) is 12.8. The summed E-state index contributed by atoms with van der Waals surface area (Å²) in [4.78, 5) is 62.3. The second-order valence-corrected chi connectivity index (χ2v) is 8.91. The number of carbonyl (C=O) groups excluding carboxylic acids is 3. The van der Waals surface area contributed by atoms with Crippen LogP contribution in [-0.4, -0.2) is 94.0 Å². The van der Waals surface area contributed by atoms with Crippen molar-refractivity contribution in [2.45, 2.75) is 69.1 Å². The molecule has 0 spiro atoms. The smallest absolute Gasteiger partial charge is 0.326 e. The Hall–Kier alpha value is -2.38. The molecule has 12 nitrogen and oxygen atoms in total. The van der Waals surface area contributed by atoms with E-state index < -0.39 is 60.2 Å². The van der Waals surface area contributed by atoms with E-state index in [1.54, 1.807) is 0 Å². The third-order valence-electron chi connectivity index (χ3n) is 5.36. The minimum absolute atomic E-state index is 0.200. The molecule has 1 aliphatic heterocycles. The molecule has 0 aromatic rings. The first-order chi connectivity index (χ1) is 15.6. The predicted octanol–water partition coefficient (Wildman–Crippen LogP) is -1.28. The summed E-state index contributed by atoms with van der Waals surface area (Å²) in [5.74, 6) is -3.89. The summed E-state index contributed by atoms with van der Waals surface area (Å²) in [6.07, 6.45) is 3.62. The Bertz CT molecular complexity index is 708. The van der Waals surface area contributed by atoms with Crippen molar-refractivity contribution in [2.75, 3.05) is 25.1 Å². The minimum Gasteiger partial charge on any atom is -0.481 e. The Balaban J connectivity index is 2.97. The molecule has 0 radical (unpaired) electrons. The first-order valence-corrected chi connectivity index (χ1v) is 12.3. The second kappa shape index (κ2) is 14.7. The van der Waals surface area contributed by atoms with Gasteiger partial charge in [0, 0.05) is 6.54 Å². The van der Waals surface area contributed by atoms with E-state index in [2.05, 4.69) is 10.6 Å². The average Bonchev–Trinajstić information content (AvgIpc) is 3.25. The maximum atomic E-state index is 13.1. The van der Waals surface area contributed by atoms with Gasteiger partial charge in [-0.15, -0.1) is 0 Å². The number of thioether (sulfide) groups is 1. The van der Waals surface area contributed by atoms with Crippen LogP contribution in [0.1, 0.15) is 44.9 Å². The summed E-state index contributed by atoms with van der Waals surface area (Å²) >= 11 is 1.49. The van der Waals surface area contributed by atoms with Crippen LogP contribution in [0, 0.1) is 0 Å². The van der Waals surface area contributed by atoms with Crippen molar-refractivity contribution in [3.05, 3.63) is 0 Å². The fourth-order valence-corrected chi connectivity index (χ4v) is 4.04. The van der Waals surface area contributed by atoms with E-state index in [4.69, 9.17) is 11.5 Å². The van der Waals surface area contributed by atoms with Gasteiger partial charge in [-0.2, -0.15) is 11.8 Å². The quantitative estimate of drug-likeness (QED) is 0.150. The molecular weight excluding hydrogens is 454 g/mol. The number of nitrogens with two attached hydrogens (primary N) is 2. The zero-order valence-electron chi connectivity index (χ0n) is 18.8. The fraction of sp³-hybridized carbons (Fsp3) is 0.750. The topological polar surface area (TPSA) is 205 Å². The largest absolute Gasteiger partial charge is 0.481 e. The molecule has 0 bridgehead atoms. The minimum atomic E-state index is -1.44. The number of amides is 3. The summed E-state index contributed by atoms with van der Waals surface area (Å²) in [5, 5.41) is 23.5. The van der Waals surface area contributed by atoms with Crippen LogP contribution in [0.3, 0.4) is 0 Å². The third kappa shape index (κ3) is 9.56. The lowest BCUT2D eigenvalue weighted by molar-refractivity contribution is -0.149. The summed E-state index contributed by atoms with van der Waals surface area (Å²) in [6.45, 7) is 0.626. The van der Waals surface area contributed by atoms with Crippen molar-refractivity contribution < 1.29 is 34.2 Å². The number of carboxylic acid groups (broad SMARTS) is 2. The van der Waals surface area contributed by atoms with Gasteiger partial charge in [0.05, 0.1) is 12.5 Å². The molecule has 4 unspecified atom stereocenters. The zero-order valence-corrected chi connectivity index (χ0v) is 19.6. The number of nitrogens with zero attached hydrogens (tertiary/aromatic N) is 1. The molecular formula is C20H35N5O7S. The Morgan fingerprint density at radius 1 is 1.06 bits per heavy atom. The molecule has 188 valence electrons. The lowest BCUT2D eigenvalue weighted by atomic mass is 10.1. The lowest BCUT2D eigenvalue weighted by Gasteiger charge is -2.28. The first kappa shape index (κ1) is 28.7. The van der Waals surface area contributed by atoms with E-state index >= 15 is 0 Å². The van der Waals surface area contributed by atoms with E-state index in [9.17, 15) is 34.2 Å². The standard InChI is InChI=1S/C20H35N5O7S/c1-33-10-7-12(22)17(28)24-14(11-16(26)27)18(29)23-13(5-2-3-8-21)19(30)25-9-4-6-15(25)20(31)32/h12-15H,2-11,21-22H2,1H3,(H,23,29)(H,24,28)(H,26,27)(H,31,32).